The molecule has 0 nitrogen and oxygen atoms in total. The van der Waals surface area contributed by atoms with Gasteiger partial charge in [0.1, 0.15) is 0 Å². The van der Waals surface area contributed by atoms with Crippen molar-refractivity contribution in [3.05, 3.63) is 60.2 Å². The van der Waals surface area contributed by atoms with E-state index >= 15 is 0 Å². The summed E-state index contributed by atoms with van der Waals surface area (Å²) in [6.07, 6.45) is 0. The van der Waals surface area contributed by atoms with Crippen molar-refractivity contribution in [2.24, 2.45) is 0 Å². The van der Waals surface area contributed by atoms with Gasteiger partial charge in [-0.25, -0.2) is 0 Å². The zero-order valence-corrected chi connectivity index (χ0v) is 18.9. The molecule has 0 saturated heterocycles. The molecule has 0 aliphatic heterocycles. The zero-order chi connectivity index (χ0) is 14.3. The minimum atomic E-state index is -1.34. The Kier molecular flexibility index (Phi) is 8.61. The molecule has 0 bridgehead atoms. The van der Waals surface area contributed by atoms with Crippen LogP contribution in [0.1, 0.15) is 5.56 Å². The topological polar surface area (TPSA) is 0 Å². The summed E-state index contributed by atoms with van der Waals surface area (Å²) >= 11 is 0. The van der Waals surface area contributed by atoms with E-state index in [1.807, 2.05) is 0 Å². The van der Waals surface area contributed by atoms with Gasteiger partial charge in [0.15, 0.2) is 0 Å². The maximum atomic E-state index is 2.42. The van der Waals surface area contributed by atoms with Gasteiger partial charge in [0, 0.05) is 0 Å². The quantitative estimate of drug-likeness (QED) is 0.358. The van der Waals surface area contributed by atoms with E-state index in [-0.39, 0.29) is 51.0 Å². The predicted octanol–water partition coefficient (Wildman–Crippen LogP) is -0.915. The fraction of sp³-hybridized carbons (Fsp3) is 0.211. The van der Waals surface area contributed by atoms with Crippen LogP contribution in [0.3, 0.4) is 0 Å². The van der Waals surface area contributed by atoms with Crippen LogP contribution < -0.4 is 30.0 Å². The van der Waals surface area contributed by atoms with E-state index in [0.717, 1.165) is 0 Å². The second kappa shape index (κ2) is 8.72. The van der Waals surface area contributed by atoms with E-state index in [0.29, 0.717) is 0 Å². The number of halogens is 2. The Bertz CT molecular complexity index is 772. The van der Waals surface area contributed by atoms with E-state index in [4.69, 9.17) is 0 Å². The van der Waals surface area contributed by atoms with Crippen LogP contribution in [0.25, 0.3) is 21.9 Å². The van der Waals surface area contributed by atoms with Crippen LogP contribution in [-0.2, 0) is 26.2 Å². The van der Waals surface area contributed by atoms with Crippen LogP contribution in [0.4, 0.5) is 0 Å². The first kappa shape index (κ1) is 22.7. The molecular formula is C19H21Cl2SiZr. The molecule has 0 fully saturated rings. The molecule has 4 heteroatoms. The van der Waals surface area contributed by atoms with Gasteiger partial charge in [-0.05, 0) is 5.56 Å². The Morgan fingerprint density at radius 1 is 0.826 bits per heavy atom. The second-order valence-corrected chi connectivity index (χ2v) is 11.7. The molecule has 3 rings (SSSR count). The molecule has 3 aromatic rings. The van der Waals surface area contributed by atoms with E-state index in [2.05, 4.69) is 81.2 Å². The van der Waals surface area contributed by atoms with Crippen molar-refractivity contribution in [1.29, 1.82) is 0 Å². The Labute approximate surface area is 172 Å². The third-order valence-corrected chi connectivity index (χ3v) is 5.97. The summed E-state index contributed by atoms with van der Waals surface area (Å²) < 4.78 is 0. The van der Waals surface area contributed by atoms with Crippen molar-refractivity contribution < 1.29 is 51.0 Å². The summed E-state index contributed by atoms with van der Waals surface area (Å²) in [4.78, 5) is 0. The van der Waals surface area contributed by atoms with E-state index in [9.17, 15) is 0 Å². The first-order chi connectivity index (χ1) is 9.47. The number of hydrogen-bond acceptors (Lipinski definition) is 0. The SMILES string of the molecule is Cc1cc2c(-c3ccccc3[Si](C)(C)C)cccc2[cH-]1.[Cl-].[Cl-].[Zr+3]. The van der Waals surface area contributed by atoms with Crippen LogP contribution >= 0.6 is 0 Å². The summed E-state index contributed by atoms with van der Waals surface area (Å²) in [5.41, 5.74) is 4.15. The summed E-state index contributed by atoms with van der Waals surface area (Å²) in [5, 5.41) is 4.28. The molecule has 0 aliphatic rings. The molecule has 0 atom stereocenters. The third-order valence-electron chi connectivity index (χ3n) is 3.92. The average Bonchev–Trinajstić information content (AvgIpc) is 2.77. The summed E-state index contributed by atoms with van der Waals surface area (Å²) in [7, 11) is -1.34. The van der Waals surface area contributed by atoms with Crippen molar-refractivity contribution in [1.82, 2.24) is 0 Å². The van der Waals surface area contributed by atoms with Crippen molar-refractivity contribution in [2.75, 3.05) is 0 Å². The van der Waals surface area contributed by atoms with Crippen molar-refractivity contribution >= 4 is 24.0 Å². The number of benzene rings is 2. The van der Waals surface area contributed by atoms with Gasteiger partial charge < -0.3 is 24.8 Å². The first-order valence-corrected chi connectivity index (χ1v) is 10.7. The van der Waals surface area contributed by atoms with Gasteiger partial charge in [-0.2, -0.15) is 6.07 Å². The van der Waals surface area contributed by atoms with E-state index < -0.39 is 8.07 Å². The first-order valence-electron chi connectivity index (χ1n) is 7.23. The molecule has 119 valence electrons. The molecule has 0 heterocycles. The Balaban J connectivity index is 0.00000161. The fourth-order valence-electron chi connectivity index (χ4n) is 2.99. The van der Waals surface area contributed by atoms with Crippen LogP contribution in [0.2, 0.25) is 19.6 Å². The average molecular weight is 440 g/mol. The normalized spacial score (nSPS) is 10.4. The standard InChI is InChI=1S/C19H21Si.2ClH.Zr/c1-14-12-15-8-7-10-16(18(15)13-14)17-9-5-6-11-19(17)20(2,3)4;;;/h5-13H,1-4H3;2*1H;/q-1;;;+3/p-2. The Morgan fingerprint density at radius 3 is 2.09 bits per heavy atom. The molecule has 23 heavy (non-hydrogen) atoms. The van der Waals surface area contributed by atoms with Gasteiger partial charge in [0.2, 0.25) is 0 Å². The van der Waals surface area contributed by atoms with Gasteiger partial charge >= 0.3 is 26.2 Å². The number of aryl methyl sites for hydroxylation is 1. The van der Waals surface area contributed by atoms with Gasteiger partial charge in [-0.3, -0.25) is 0 Å². The largest absolute Gasteiger partial charge is 3.00 e. The second-order valence-electron chi connectivity index (χ2n) is 6.64. The third kappa shape index (κ3) is 4.63. The smallest absolute Gasteiger partial charge is 1.00 e. The summed E-state index contributed by atoms with van der Waals surface area (Å²) in [6, 6.07) is 20.2. The molecule has 0 saturated carbocycles. The minimum absolute atomic E-state index is 0. The van der Waals surface area contributed by atoms with Crippen LogP contribution in [0, 0.1) is 6.92 Å². The van der Waals surface area contributed by atoms with E-state index in [1.165, 1.54) is 27.5 Å². The van der Waals surface area contributed by atoms with Gasteiger partial charge in [0.25, 0.3) is 0 Å². The molecule has 0 aliphatic carbocycles. The fourth-order valence-corrected chi connectivity index (χ4v) is 4.61. The zero-order valence-electron chi connectivity index (χ0n) is 14.0. The van der Waals surface area contributed by atoms with Crippen LogP contribution in [0.5, 0.6) is 0 Å². The van der Waals surface area contributed by atoms with Crippen molar-refractivity contribution in [3.8, 4) is 11.1 Å². The number of fused-ring (bicyclic) bond motifs is 1. The van der Waals surface area contributed by atoms with Gasteiger partial charge in [-0.15, -0.1) is 34.5 Å². The molecule has 3 aromatic carbocycles. The predicted molar refractivity (Wildman–Crippen MR) is 92.7 cm³/mol. The molecular weight excluding hydrogens is 418 g/mol. The molecule has 0 unspecified atom stereocenters. The Hall–Kier alpha value is -0.270. The van der Waals surface area contributed by atoms with E-state index in [1.54, 1.807) is 5.19 Å². The van der Waals surface area contributed by atoms with Gasteiger partial charge in [-0.1, -0.05) is 67.6 Å². The monoisotopic (exact) mass is 437 g/mol. The molecule has 0 spiro atoms. The maximum absolute atomic E-state index is 2.42. The van der Waals surface area contributed by atoms with Gasteiger partial charge in [0.05, 0.1) is 8.07 Å². The van der Waals surface area contributed by atoms with Crippen LogP contribution in [-0.4, -0.2) is 8.07 Å². The Morgan fingerprint density at radius 2 is 1.43 bits per heavy atom. The molecule has 0 aromatic heterocycles. The van der Waals surface area contributed by atoms with Crippen LogP contribution in [0.15, 0.2) is 54.6 Å². The molecule has 0 amide bonds. The number of hydrogen-bond donors (Lipinski definition) is 0. The minimum Gasteiger partial charge on any atom is -1.00 e. The van der Waals surface area contributed by atoms with Crippen molar-refractivity contribution in [3.63, 3.8) is 0 Å². The molecule has 0 N–H and O–H groups in total. The summed E-state index contributed by atoms with van der Waals surface area (Å²) in [6.45, 7) is 9.43. The maximum Gasteiger partial charge on any atom is 3.00 e. The van der Waals surface area contributed by atoms with Crippen molar-refractivity contribution in [2.45, 2.75) is 26.6 Å². The molecule has 1 radical (unpaired) electrons. The summed E-state index contributed by atoms with van der Waals surface area (Å²) in [5.74, 6) is 0. The number of rotatable bonds is 2.